The van der Waals surface area contributed by atoms with Crippen molar-refractivity contribution in [1.82, 2.24) is 0 Å². The summed E-state index contributed by atoms with van der Waals surface area (Å²) >= 11 is 0. The molecule has 1 fully saturated rings. The first kappa shape index (κ1) is 15.0. The number of carbonyl (C=O) groups is 2. The van der Waals surface area contributed by atoms with E-state index < -0.39 is 5.91 Å². The zero-order valence-electron chi connectivity index (χ0n) is 12.7. The number of nitrogens with one attached hydrogen (secondary N) is 2. The number of primary amides is 1. The molecular formula is C17H19N4O2+. The van der Waals surface area contributed by atoms with Crippen LogP contribution in [0.4, 0.5) is 11.5 Å². The molecule has 0 spiro atoms. The predicted octanol–water partition coefficient (Wildman–Crippen LogP) is 1.45. The molecule has 0 atom stereocenters. The van der Waals surface area contributed by atoms with Gasteiger partial charge in [-0.25, -0.2) is 4.98 Å². The lowest BCUT2D eigenvalue weighted by Crippen LogP contribution is -2.30. The van der Waals surface area contributed by atoms with Crippen LogP contribution in [-0.4, -0.2) is 24.9 Å². The topological polar surface area (TPSA) is 89.6 Å². The summed E-state index contributed by atoms with van der Waals surface area (Å²) < 4.78 is 0. The fourth-order valence-electron chi connectivity index (χ4n) is 2.81. The standard InChI is InChI=1S/C17H18N4O2/c18-15(22)12-6-1-2-8-14(12)20-17(23)13-7-5-9-19-16(13)21-10-3-4-11-21/h1-2,5-9H,3-4,10-11H2,(H2,18,22)(H,20,23)/p+1. The summed E-state index contributed by atoms with van der Waals surface area (Å²) in [6.45, 7) is 1.86. The first-order valence-corrected chi connectivity index (χ1v) is 7.62. The summed E-state index contributed by atoms with van der Waals surface area (Å²) in [5.41, 5.74) is 6.62. The van der Waals surface area contributed by atoms with Crippen LogP contribution in [-0.2, 0) is 0 Å². The predicted molar refractivity (Wildman–Crippen MR) is 87.4 cm³/mol. The monoisotopic (exact) mass is 311 g/mol. The van der Waals surface area contributed by atoms with E-state index in [0.717, 1.165) is 31.7 Å². The van der Waals surface area contributed by atoms with E-state index in [4.69, 9.17) is 5.73 Å². The molecule has 1 aromatic heterocycles. The minimum absolute atomic E-state index is 0.266. The highest BCUT2D eigenvalue weighted by molar-refractivity contribution is 6.10. The van der Waals surface area contributed by atoms with Crippen molar-refractivity contribution >= 4 is 23.3 Å². The van der Waals surface area contributed by atoms with Crippen LogP contribution in [0.3, 0.4) is 0 Å². The molecule has 0 saturated carbocycles. The average Bonchev–Trinajstić information content (AvgIpc) is 3.09. The van der Waals surface area contributed by atoms with Crippen molar-refractivity contribution in [1.29, 1.82) is 0 Å². The normalized spacial score (nSPS) is 13.8. The molecule has 0 aliphatic carbocycles. The largest absolute Gasteiger partial charge is 0.366 e. The van der Waals surface area contributed by atoms with Crippen LogP contribution >= 0.6 is 0 Å². The van der Waals surface area contributed by atoms with Crippen molar-refractivity contribution in [2.24, 2.45) is 5.73 Å². The summed E-state index contributed by atoms with van der Waals surface area (Å²) in [5, 5.41) is 2.79. The highest BCUT2D eigenvalue weighted by atomic mass is 16.2. The number of benzene rings is 1. The molecular weight excluding hydrogens is 292 g/mol. The quantitative estimate of drug-likeness (QED) is 0.895. The number of aromatic nitrogens is 1. The number of nitrogens with two attached hydrogens (primary N) is 1. The average molecular weight is 311 g/mol. The minimum atomic E-state index is -0.569. The van der Waals surface area contributed by atoms with Crippen molar-refractivity contribution in [3.63, 3.8) is 0 Å². The Morgan fingerprint density at radius 1 is 1.04 bits per heavy atom. The smallest absolute Gasteiger partial charge is 0.287 e. The molecule has 1 saturated heterocycles. The maximum Gasteiger partial charge on any atom is 0.287 e. The molecule has 0 bridgehead atoms. The van der Waals surface area contributed by atoms with Crippen LogP contribution in [0.25, 0.3) is 0 Å². The van der Waals surface area contributed by atoms with E-state index in [0.29, 0.717) is 16.8 Å². The van der Waals surface area contributed by atoms with Gasteiger partial charge in [-0.2, -0.15) is 0 Å². The molecule has 6 heteroatoms. The third kappa shape index (κ3) is 3.15. The number of hydrogen-bond acceptors (Lipinski definition) is 3. The number of para-hydroxylation sites is 1. The molecule has 1 aliphatic heterocycles. The minimum Gasteiger partial charge on any atom is -0.366 e. The Labute approximate surface area is 134 Å². The van der Waals surface area contributed by atoms with E-state index in [1.165, 1.54) is 0 Å². The lowest BCUT2D eigenvalue weighted by atomic mass is 10.1. The third-order valence-electron chi connectivity index (χ3n) is 3.94. The van der Waals surface area contributed by atoms with Gasteiger partial charge in [0.25, 0.3) is 17.6 Å². The molecule has 118 valence electrons. The molecule has 2 aromatic rings. The second-order valence-corrected chi connectivity index (χ2v) is 5.49. The Morgan fingerprint density at radius 2 is 1.74 bits per heavy atom. The maximum atomic E-state index is 12.7. The lowest BCUT2D eigenvalue weighted by molar-refractivity contribution is -0.364. The van der Waals surface area contributed by atoms with E-state index in [9.17, 15) is 9.59 Å². The Hall–Kier alpha value is -2.89. The third-order valence-corrected chi connectivity index (χ3v) is 3.94. The van der Waals surface area contributed by atoms with Crippen LogP contribution in [0.1, 0.15) is 33.6 Å². The Bertz CT molecular complexity index is 739. The van der Waals surface area contributed by atoms with Gasteiger partial charge in [0.15, 0.2) is 0 Å². The summed E-state index contributed by atoms with van der Waals surface area (Å²) in [5.74, 6) is -0.0307. The molecule has 2 heterocycles. The van der Waals surface area contributed by atoms with E-state index in [1.54, 1.807) is 36.4 Å². The van der Waals surface area contributed by atoms with Gasteiger partial charge in [0.1, 0.15) is 5.56 Å². The van der Waals surface area contributed by atoms with Gasteiger partial charge < -0.3 is 11.1 Å². The number of anilines is 2. The fourth-order valence-corrected chi connectivity index (χ4v) is 2.81. The Kier molecular flexibility index (Phi) is 4.23. The van der Waals surface area contributed by atoms with Gasteiger partial charge >= 0.3 is 0 Å². The molecule has 2 amide bonds. The molecule has 0 radical (unpaired) electrons. The fraction of sp³-hybridized carbons (Fsp3) is 0.235. The molecule has 1 aliphatic rings. The number of nitrogens with zero attached hydrogens (tertiary/aromatic N) is 1. The van der Waals surface area contributed by atoms with Gasteiger partial charge in [0.05, 0.1) is 30.5 Å². The van der Waals surface area contributed by atoms with Crippen LogP contribution in [0.2, 0.25) is 0 Å². The second kappa shape index (κ2) is 6.48. The molecule has 23 heavy (non-hydrogen) atoms. The van der Waals surface area contributed by atoms with E-state index >= 15 is 0 Å². The summed E-state index contributed by atoms with van der Waals surface area (Å²) in [6.07, 6.45) is 4.05. The van der Waals surface area contributed by atoms with Crippen molar-refractivity contribution in [3.8, 4) is 0 Å². The van der Waals surface area contributed by atoms with Gasteiger partial charge in [0, 0.05) is 0 Å². The summed E-state index contributed by atoms with van der Waals surface area (Å²) in [7, 11) is 0. The number of pyridine rings is 1. The Morgan fingerprint density at radius 3 is 2.48 bits per heavy atom. The lowest BCUT2D eigenvalue weighted by Gasteiger charge is -2.13. The molecule has 6 nitrogen and oxygen atoms in total. The van der Waals surface area contributed by atoms with Crippen LogP contribution in [0, 0.1) is 0 Å². The van der Waals surface area contributed by atoms with Gasteiger partial charge in [0.2, 0.25) is 0 Å². The van der Waals surface area contributed by atoms with Crippen molar-refractivity contribution in [2.75, 3.05) is 23.3 Å². The number of rotatable bonds is 4. The number of amides is 2. The van der Waals surface area contributed by atoms with Gasteiger partial charge in [-0.05, 0) is 37.1 Å². The van der Waals surface area contributed by atoms with Gasteiger partial charge in [-0.15, -0.1) is 0 Å². The van der Waals surface area contributed by atoms with Crippen molar-refractivity contribution < 1.29 is 14.6 Å². The zero-order chi connectivity index (χ0) is 16.2. The highest BCUT2D eigenvalue weighted by Crippen LogP contribution is 2.21. The van der Waals surface area contributed by atoms with E-state index in [-0.39, 0.29) is 5.91 Å². The first-order valence-electron chi connectivity index (χ1n) is 7.62. The van der Waals surface area contributed by atoms with Crippen LogP contribution < -0.4 is 20.9 Å². The molecule has 1 aromatic carbocycles. The number of carbonyl (C=O) groups excluding carboxylic acids is 2. The maximum absolute atomic E-state index is 12.7. The van der Waals surface area contributed by atoms with Crippen LogP contribution in [0.15, 0.2) is 42.6 Å². The summed E-state index contributed by atoms with van der Waals surface area (Å²) in [4.78, 5) is 29.4. The zero-order valence-corrected chi connectivity index (χ0v) is 12.7. The SMILES string of the molecule is NC(=O)c1ccccc1NC(=O)c1ccc[nH+]c1N1CCCC1. The van der Waals surface area contributed by atoms with E-state index in [2.05, 4.69) is 15.2 Å². The molecule has 3 rings (SSSR count). The highest BCUT2D eigenvalue weighted by Gasteiger charge is 2.27. The summed E-state index contributed by atoms with van der Waals surface area (Å²) in [6, 6.07) is 10.3. The van der Waals surface area contributed by atoms with Crippen molar-refractivity contribution in [3.05, 3.63) is 53.7 Å². The first-order chi connectivity index (χ1) is 11.2. The molecule has 0 unspecified atom stereocenters. The molecule has 4 N–H and O–H groups in total. The number of hydrogen-bond donors (Lipinski definition) is 2. The van der Waals surface area contributed by atoms with Gasteiger partial charge in [-0.1, -0.05) is 12.1 Å². The van der Waals surface area contributed by atoms with Crippen LogP contribution in [0.5, 0.6) is 0 Å². The number of H-pyrrole nitrogens is 1. The second-order valence-electron chi connectivity index (χ2n) is 5.49. The van der Waals surface area contributed by atoms with E-state index in [1.807, 2.05) is 6.20 Å². The number of aromatic amines is 1. The van der Waals surface area contributed by atoms with Crippen molar-refractivity contribution in [2.45, 2.75) is 12.8 Å². The van der Waals surface area contributed by atoms with Gasteiger partial charge in [-0.3, -0.25) is 14.5 Å². The Balaban J connectivity index is 1.89.